The van der Waals surface area contributed by atoms with Crippen molar-refractivity contribution < 1.29 is 14.0 Å². The lowest BCUT2D eigenvalue weighted by Gasteiger charge is -2.27. The lowest BCUT2D eigenvalue weighted by molar-refractivity contribution is -0.135. The van der Waals surface area contributed by atoms with Gasteiger partial charge in [-0.15, -0.1) is 0 Å². The van der Waals surface area contributed by atoms with Crippen LogP contribution in [-0.4, -0.2) is 54.3 Å². The summed E-state index contributed by atoms with van der Waals surface area (Å²) in [5.74, 6) is -0.614. The number of nitrogens with one attached hydrogen (secondary N) is 1. The normalized spacial score (nSPS) is 15.9. The number of carbonyl (C=O) groups is 2. The maximum absolute atomic E-state index is 13.1. The molecule has 5 nitrogen and oxygen atoms in total. The van der Waals surface area contributed by atoms with Gasteiger partial charge in [-0.3, -0.25) is 14.5 Å². The van der Waals surface area contributed by atoms with Crippen LogP contribution in [-0.2, 0) is 9.59 Å². The summed E-state index contributed by atoms with van der Waals surface area (Å²) in [5, 5.41) is 2.63. The molecule has 2 rings (SSSR count). The Morgan fingerprint density at radius 1 is 1.36 bits per heavy atom. The maximum atomic E-state index is 13.1. The number of hydrogen-bond acceptors (Lipinski definition) is 3. The molecule has 1 atom stereocenters. The first-order chi connectivity index (χ1) is 10.5. The predicted molar refractivity (Wildman–Crippen MR) is 82.9 cm³/mol. The Morgan fingerprint density at radius 3 is 2.68 bits per heavy atom. The van der Waals surface area contributed by atoms with Gasteiger partial charge in [0.1, 0.15) is 5.82 Å². The molecule has 0 saturated carbocycles. The Bertz CT molecular complexity index is 544. The number of benzene rings is 1. The number of likely N-dealkylation sites (tertiary alicyclic amines) is 1. The summed E-state index contributed by atoms with van der Waals surface area (Å²) in [5.41, 5.74) is 0.414. The monoisotopic (exact) mass is 307 g/mol. The highest BCUT2D eigenvalue weighted by molar-refractivity contribution is 5.92. The molecule has 1 saturated heterocycles. The molecule has 0 unspecified atom stereocenters. The van der Waals surface area contributed by atoms with E-state index < -0.39 is 5.82 Å². The molecule has 1 fully saturated rings. The fraction of sp³-hybridized carbons (Fsp3) is 0.500. The van der Waals surface area contributed by atoms with Crippen LogP contribution in [0.1, 0.15) is 19.8 Å². The van der Waals surface area contributed by atoms with Crippen LogP contribution in [0.25, 0.3) is 0 Å². The van der Waals surface area contributed by atoms with Gasteiger partial charge < -0.3 is 10.2 Å². The fourth-order valence-corrected chi connectivity index (χ4v) is 2.52. The third-order valence-electron chi connectivity index (χ3n) is 3.94. The van der Waals surface area contributed by atoms with E-state index in [0.29, 0.717) is 5.69 Å². The fourth-order valence-electron chi connectivity index (χ4n) is 2.52. The lowest BCUT2D eigenvalue weighted by Crippen LogP contribution is -2.46. The summed E-state index contributed by atoms with van der Waals surface area (Å²) in [7, 11) is 1.74. The van der Waals surface area contributed by atoms with Crippen LogP contribution in [0.5, 0.6) is 0 Å². The second-order valence-corrected chi connectivity index (χ2v) is 5.68. The summed E-state index contributed by atoms with van der Waals surface area (Å²) in [4.78, 5) is 27.8. The molecule has 1 aliphatic rings. The number of carbonyl (C=O) groups excluding carboxylic acids is 2. The van der Waals surface area contributed by atoms with Crippen LogP contribution in [0.3, 0.4) is 0 Å². The average molecular weight is 307 g/mol. The van der Waals surface area contributed by atoms with Gasteiger partial charge in [-0.05, 0) is 45.0 Å². The molecule has 0 spiro atoms. The SMILES string of the molecule is C[C@H](C(=O)N1CCCC1)N(C)CC(=O)Nc1cccc(F)c1. The maximum Gasteiger partial charge on any atom is 0.239 e. The van der Waals surface area contributed by atoms with Gasteiger partial charge >= 0.3 is 0 Å². The van der Waals surface area contributed by atoms with Gasteiger partial charge in [0, 0.05) is 18.8 Å². The van der Waals surface area contributed by atoms with Crippen molar-refractivity contribution >= 4 is 17.5 Å². The zero-order valence-electron chi connectivity index (χ0n) is 13.0. The van der Waals surface area contributed by atoms with E-state index >= 15 is 0 Å². The lowest BCUT2D eigenvalue weighted by atomic mass is 10.2. The first kappa shape index (κ1) is 16.4. The third kappa shape index (κ3) is 4.27. The molecule has 1 aromatic rings. The van der Waals surface area contributed by atoms with E-state index in [-0.39, 0.29) is 24.4 Å². The van der Waals surface area contributed by atoms with Gasteiger partial charge in [-0.25, -0.2) is 4.39 Å². The molecular weight excluding hydrogens is 285 g/mol. The minimum atomic E-state index is -0.399. The molecule has 0 aromatic heterocycles. The minimum absolute atomic E-state index is 0.0542. The van der Waals surface area contributed by atoms with Crippen molar-refractivity contribution in [3.8, 4) is 0 Å². The highest BCUT2D eigenvalue weighted by Gasteiger charge is 2.26. The van der Waals surface area contributed by atoms with Gasteiger partial charge in [0.2, 0.25) is 11.8 Å². The standard InChI is InChI=1S/C16H22FN3O2/c1-12(16(22)20-8-3-4-9-20)19(2)11-15(21)18-14-7-5-6-13(17)10-14/h5-7,10,12H,3-4,8-9,11H2,1-2H3,(H,18,21)/t12-/m1/s1. The molecule has 22 heavy (non-hydrogen) atoms. The van der Waals surface area contributed by atoms with Crippen molar-refractivity contribution in [1.82, 2.24) is 9.80 Å². The highest BCUT2D eigenvalue weighted by atomic mass is 19.1. The van der Waals surface area contributed by atoms with Crippen LogP contribution in [0.15, 0.2) is 24.3 Å². The van der Waals surface area contributed by atoms with Crippen LogP contribution in [0.2, 0.25) is 0 Å². The molecular formula is C16H22FN3O2. The van der Waals surface area contributed by atoms with Crippen molar-refractivity contribution in [3.63, 3.8) is 0 Å². The van der Waals surface area contributed by atoms with Crippen LogP contribution in [0.4, 0.5) is 10.1 Å². The van der Waals surface area contributed by atoms with Gasteiger partial charge in [-0.1, -0.05) is 6.07 Å². The van der Waals surface area contributed by atoms with Crippen molar-refractivity contribution in [2.75, 3.05) is 32.0 Å². The van der Waals surface area contributed by atoms with Gasteiger partial charge in [0.15, 0.2) is 0 Å². The molecule has 2 amide bonds. The Morgan fingerprint density at radius 2 is 2.05 bits per heavy atom. The predicted octanol–water partition coefficient (Wildman–Crippen LogP) is 1.71. The second kappa shape index (κ2) is 7.35. The number of nitrogens with zero attached hydrogens (tertiary/aromatic N) is 2. The Kier molecular flexibility index (Phi) is 5.49. The number of amides is 2. The van der Waals surface area contributed by atoms with Crippen LogP contribution < -0.4 is 5.32 Å². The van der Waals surface area contributed by atoms with Gasteiger partial charge in [0.05, 0.1) is 12.6 Å². The van der Waals surface area contributed by atoms with E-state index in [9.17, 15) is 14.0 Å². The topological polar surface area (TPSA) is 52.7 Å². The molecule has 1 N–H and O–H groups in total. The van der Waals surface area contributed by atoms with Crippen molar-refractivity contribution in [2.24, 2.45) is 0 Å². The van der Waals surface area contributed by atoms with E-state index in [1.165, 1.54) is 18.2 Å². The Balaban J connectivity index is 1.86. The van der Waals surface area contributed by atoms with E-state index in [1.54, 1.807) is 24.9 Å². The summed E-state index contributed by atoms with van der Waals surface area (Å²) in [6.45, 7) is 3.48. The molecule has 1 heterocycles. The molecule has 6 heteroatoms. The molecule has 120 valence electrons. The first-order valence-electron chi connectivity index (χ1n) is 7.52. The first-order valence-corrected chi connectivity index (χ1v) is 7.52. The number of likely N-dealkylation sites (N-methyl/N-ethyl adjacent to an activating group) is 1. The van der Waals surface area contributed by atoms with E-state index in [4.69, 9.17) is 0 Å². The zero-order valence-corrected chi connectivity index (χ0v) is 13.0. The van der Waals surface area contributed by atoms with E-state index in [1.807, 2.05) is 4.90 Å². The number of anilines is 1. The Hall–Kier alpha value is -1.95. The second-order valence-electron chi connectivity index (χ2n) is 5.68. The quantitative estimate of drug-likeness (QED) is 0.901. The number of hydrogen-bond donors (Lipinski definition) is 1. The third-order valence-corrected chi connectivity index (χ3v) is 3.94. The molecule has 1 aliphatic heterocycles. The number of halogens is 1. The van der Waals surface area contributed by atoms with Gasteiger partial charge in [-0.2, -0.15) is 0 Å². The van der Waals surface area contributed by atoms with Crippen LogP contribution in [0, 0.1) is 5.82 Å². The zero-order chi connectivity index (χ0) is 16.1. The molecule has 1 aromatic carbocycles. The summed E-state index contributed by atoms with van der Waals surface area (Å²) in [6, 6.07) is 5.39. The number of rotatable bonds is 5. The minimum Gasteiger partial charge on any atom is -0.341 e. The Labute approximate surface area is 130 Å². The van der Waals surface area contributed by atoms with Crippen LogP contribution >= 0.6 is 0 Å². The molecule has 0 aliphatic carbocycles. The summed E-state index contributed by atoms with van der Waals surface area (Å²) < 4.78 is 13.1. The van der Waals surface area contributed by atoms with E-state index in [2.05, 4.69) is 5.32 Å². The molecule has 0 bridgehead atoms. The van der Waals surface area contributed by atoms with E-state index in [0.717, 1.165) is 25.9 Å². The summed E-state index contributed by atoms with van der Waals surface area (Å²) in [6.07, 6.45) is 2.09. The van der Waals surface area contributed by atoms with Crippen molar-refractivity contribution in [1.29, 1.82) is 0 Å². The van der Waals surface area contributed by atoms with Gasteiger partial charge in [0.25, 0.3) is 0 Å². The smallest absolute Gasteiger partial charge is 0.239 e. The summed E-state index contributed by atoms with van der Waals surface area (Å²) >= 11 is 0. The highest BCUT2D eigenvalue weighted by Crippen LogP contribution is 2.12. The average Bonchev–Trinajstić information content (AvgIpc) is 2.99. The molecule has 0 radical (unpaired) electrons. The van der Waals surface area contributed by atoms with Crippen molar-refractivity contribution in [3.05, 3.63) is 30.1 Å². The largest absolute Gasteiger partial charge is 0.341 e. The van der Waals surface area contributed by atoms with Crippen molar-refractivity contribution in [2.45, 2.75) is 25.8 Å².